The third-order valence-corrected chi connectivity index (χ3v) is 5.37. The van der Waals surface area contributed by atoms with Gasteiger partial charge in [0.25, 0.3) is 11.8 Å². The van der Waals surface area contributed by atoms with Crippen LogP contribution in [0.4, 0.5) is 13.2 Å². The molecule has 0 saturated heterocycles. The number of benzene rings is 2. The third kappa shape index (κ3) is 5.60. The highest BCUT2D eigenvalue weighted by molar-refractivity contribution is 7.95. The van der Waals surface area contributed by atoms with Gasteiger partial charge in [-0.25, -0.2) is 0 Å². The molecule has 0 saturated carbocycles. The lowest BCUT2D eigenvalue weighted by atomic mass is 9.92. The van der Waals surface area contributed by atoms with Crippen molar-refractivity contribution in [1.82, 2.24) is 5.06 Å². The van der Waals surface area contributed by atoms with Gasteiger partial charge < -0.3 is 0 Å². The Morgan fingerprint density at radius 1 is 0.968 bits per heavy atom. The maximum Gasteiger partial charge on any atom is 0.470 e. The van der Waals surface area contributed by atoms with Gasteiger partial charge in [0.15, 0.2) is 0 Å². The van der Waals surface area contributed by atoms with Crippen LogP contribution >= 0.6 is 12.0 Å². The van der Waals surface area contributed by atoms with Crippen molar-refractivity contribution in [2.75, 3.05) is 0 Å². The van der Waals surface area contributed by atoms with E-state index in [-0.39, 0.29) is 16.2 Å². The minimum atomic E-state index is -4.75. The van der Waals surface area contributed by atoms with E-state index in [1.165, 1.54) is 37.8 Å². The number of nitrogens with zero attached hydrogens (tertiary/aromatic N) is 1. The van der Waals surface area contributed by atoms with Gasteiger partial charge in [0, 0.05) is 17.4 Å². The molecule has 3 rings (SSSR count). The van der Waals surface area contributed by atoms with Gasteiger partial charge >= 0.3 is 5.51 Å². The zero-order valence-corrected chi connectivity index (χ0v) is 17.9. The first-order chi connectivity index (χ1) is 14.8. The predicted octanol–water partition coefficient (Wildman–Crippen LogP) is 6.64. The Hall–Kier alpha value is -2.50. The summed E-state index contributed by atoms with van der Waals surface area (Å²) in [6.45, 7) is 2.18. The summed E-state index contributed by atoms with van der Waals surface area (Å²) >= 11 is -0.902. The quantitative estimate of drug-likeness (QED) is 0.196. The van der Waals surface area contributed by atoms with E-state index in [1.54, 1.807) is 18.2 Å². The van der Waals surface area contributed by atoms with Crippen molar-refractivity contribution in [2.24, 2.45) is 0 Å². The summed E-state index contributed by atoms with van der Waals surface area (Å²) in [6.07, 6.45) is 7.80. The first kappa shape index (κ1) is 23.2. The van der Waals surface area contributed by atoms with Crippen molar-refractivity contribution in [2.45, 2.75) is 57.4 Å². The van der Waals surface area contributed by atoms with Crippen LogP contribution < -0.4 is 0 Å². The number of carbonyl (C=O) groups excluding carboxylic acids is 2. The van der Waals surface area contributed by atoms with Crippen LogP contribution in [-0.2, 0) is 4.28 Å². The normalized spacial score (nSPS) is 13.5. The largest absolute Gasteiger partial charge is 0.470 e. The summed E-state index contributed by atoms with van der Waals surface area (Å²) in [5.41, 5.74) is -3.86. The molecule has 8 heteroatoms. The van der Waals surface area contributed by atoms with Gasteiger partial charge in [0.1, 0.15) is 12.0 Å². The van der Waals surface area contributed by atoms with Crippen LogP contribution in [0.5, 0.6) is 0 Å². The lowest BCUT2D eigenvalue weighted by Crippen LogP contribution is -2.39. The Morgan fingerprint density at radius 3 is 2.35 bits per heavy atom. The monoisotopic (exact) mass is 449 g/mol. The lowest BCUT2D eigenvalue weighted by Gasteiger charge is -2.25. The van der Waals surface area contributed by atoms with Crippen molar-refractivity contribution in [3.05, 3.63) is 47.0 Å². The van der Waals surface area contributed by atoms with Crippen LogP contribution in [0.25, 0.3) is 10.8 Å². The van der Waals surface area contributed by atoms with Gasteiger partial charge in [-0.05, 0) is 30.0 Å². The van der Waals surface area contributed by atoms with Gasteiger partial charge in [-0.3, -0.25) is 9.59 Å². The molecule has 0 unspecified atom stereocenters. The predicted molar refractivity (Wildman–Crippen MR) is 114 cm³/mol. The zero-order chi connectivity index (χ0) is 22.4. The fourth-order valence-electron chi connectivity index (χ4n) is 3.48. The van der Waals surface area contributed by atoms with Crippen molar-refractivity contribution in [1.29, 1.82) is 0 Å². The van der Waals surface area contributed by atoms with Crippen LogP contribution in [0.2, 0.25) is 0 Å². The Labute approximate surface area is 183 Å². The number of alkyl halides is 3. The summed E-state index contributed by atoms with van der Waals surface area (Å²) in [7, 11) is 0. The Morgan fingerprint density at radius 2 is 1.65 bits per heavy atom. The van der Waals surface area contributed by atoms with Gasteiger partial charge in [-0.15, -0.1) is 5.06 Å². The highest BCUT2D eigenvalue weighted by Gasteiger charge is 2.39. The van der Waals surface area contributed by atoms with Crippen LogP contribution in [0.1, 0.15) is 78.1 Å². The molecule has 2 aromatic carbocycles. The zero-order valence-electron chi connectivity index (χ0n) is 17.1. The molecule has 1 aliphatic heterocycles. The van der Waals surface area contributed by atoms with Crippen LogP contribution in [0.3, 0.4) is 0 Å². The molecule has 1 aliphatic rings. The number of halogens is 3. The van der Waals surface area contributed by atoms with Crippen molar-refractivity contribution in [3.8, 4) is 11.8 Å². The molecular weight excluding hydrogens is 427 g/mol. The molecular formula is C23H22F3NO3S. The summed E-state index contributed by atoms with van der Waals surface area (Å²) in [6, 6.07) is 7.95. The number of hydrogen-bond acceptors (Lipinski definition) is 4. The second kappa shape index (κ2) is 10.2. The van der Waals surface area contributed by atoms with E-state index < -0.39 is 29.4 Å². The Kier molecular flexibility index (Phi) is 7.63. The molecule has 31 heavy (non-hydrogen) atoms. The smallest absolute Gasteiger partial charge is 0.266 e. The van der Waals surface area contributed by atoms with Crippen molar-refractivity contribution in [3.63, 3.8) is 0 Å². The van der Waals surface area contributed by atoms with Crippen LogP contribution in [0.15, 0.2) is 30.3 Å². The second-order valence-corrected chi connectivity index (χ2v) is 8.00. The molecule has 0 aromatic heterocycles. The molecule has 4 nitrogen and oxygen atoms in total. The topological polar surface area (TPSA) is 46.6 Å². The molecule has 0 atom stereocenters. The highest BCUT2D eigenvalue weighted by atomic mass is 32.2. The van der Waals surface area contributed by atoms with Crippen molar-refractivity contribution >= 4 is 34.6 Å². The number of hydroxylamine groups is 2. The first-order valence-corrected chi connectivity index (χ1v) is 10.9. The number of rotatable bonds is 8. The second-order valence-electron chi connectivity index (χ2n) is 7.22. The molecule has 0 radical (unpaired) electrons. The van der Waals surface area contributed by atoms with E-state index in [0.717, 1.165) is 19.3 Å². The van der Waals surface area contributed by atoms with E-state index in [9.17, 15) is 22.8 Å². The highest BCUT2D eigenvalue weighted by Crippen LogP contribution is 2.36. The van der Waals surface area contributed by atoms with Gasteiger partial charge in [0.05, 0.1) is 11.1 Å². The van der Waals surface area contributed by atoms with E-state index in [1.807, 2.05) is 0 Å². The Bertz CT molecular complexity index is 1020. The number of amides is 2. The van der Waals surface area contributed by atoms with Crippen molar-refractivity contribution < 1.29 is 27.0 Å². The standard InChI is InChI=1S/C23H22F3NO3S/c1-2-3-4-5-6-7-8-9-11-16-14-15-19-20-17(16)12-10-13-18(20)21(28)27(22(19)29)30-31-23(24,25)26/h10,12-15H,2-8H2,1H3. The summed E-state index contributed by atoms with van der Waals surface area (Å²) < 4.78 is 41.8. The van der Waals surface area contributed by atoms with E-state index in [0.29, 0.717) is 16.3 Å². The number of unbranched alkanes of at least 4 members (excludes halogenated alkanes) is 6. The summed E-state index contributed by atoms with van der Waals surface area (Å²) in [5, 5.41) is 1.16. The molecule has 0 aliphatic carbocycles. The Balaban J connectivity index is 1.80. The summed E-state index contributed by atoms with van der Waals surface area (Å²) in [5.74, 6) is 4.39. The van der Waals surface area contributed by atoms with Gasteiger partial charge in [0.2, 0.25) is 0 Å². The summed E-state index contributed by atoms with van der Waals surface area (Å²) in [4.78, 5) is 25.2. The maximum atomic E-state index is 12.6. The minimum absolute atomic E-state index is 0.106. The van der Waals surface area contributed by atoms with Crippen LogP contribution in [-0.4, -0.2) is 22.4 Å². The van der Waals surface area contributed by atoms with Gasteiger partial charge in [-0.2, -0.15) is 17.5 Å². The fourth-order valence-corrected chi connectivity index (χ4v) is 3.78. The molecule has 0 spiro atoms. The average Bonchev–Trinajstić information content (AvgIpc) is 2.73. The molecule has 0 N–H and O–H groups in total. The minimum Gasteiger partial charge on any atom is -0.266 e. The number of imide groups is 1. The van der Waals surface area contributed by atoms with Crippen LogP contribution in [0, 0.1) is 11.8 Å². The number of hydrogen-bond donors (Lipinski definition) is 0. The SMILES string of the molecule is CCCCCCCCC#Cc1ccc2c3c(cccc13)C(=O)N(OSC(F)(F)F)C2=O. The molecule has 2 aromatic rings. The van der Waals surface area contributed by atoms with E-state index in [2.05, 4.69) is 23.0 Å². The molecule has 164 valence electrons. The molecule has 1 heterocycles. The van der Waals surface area contributed by atoms with Gasteiger partial charge in [-0.1, -0.05) is 63.0 Å². The van der Waals surface area contributed by atoms with E-state index >= 15 is 0 Å². The maximum absolute atomic E-state index is 12.6. The van der Waals surface area contributed by atoms with E-state index in [4.69, 9.17) is 0 Å². The number of carbonyl (C=O) groups is 2. The first-order valence-electron chi connectivity index (χ1n) is 10.2. The molecule has 0 bridgehead atoms. The average molecular weight is 449 g/mol. The lowest BCUT2D eigenvalue weighted by molar-refractivity contribution is -0.0570. The molecule has 0 fully saturated rings. The fraction of sp³-hybridized carbons (Fsp3) is 0.391. The molecule has 2 amide bonds. The third-order valence-electron chi connectivity index (χ3n) is 4.96.